The number of halogens is 1. The van der Waals surface area contributed by atoms with Gasteiger partial charge in [0.1, 0.15) is 12.4 Å². The fourth-order valence-corrected chi connectivity index (χ4v) is 2.66. The molecule has 1 atom stereocenters. The molecule has 1 saturated heterocycles. The summed E-state index contributed by atoms with van der Waals surface area (Å²) in [6, 6.07) is 0.0242. The van der Waals surface area contributed by atoms with Crippen molar-refractivity contribution in [1.29, 1.82) is 0 Å². The molecular weight excluding hydrogens is 259 g/mol. The maximum absolute atomic E-state index is 14.3. The molecule has 1 N–H and O–H groups in total. The minimum Gasteiger partial charge on any atom is -0.352 e. The van der Waals surface area contributed by atoms with Gasteiger partial charge in [-0.15, -0.1) is 0 Å². The highest BCUT2D eigenvalue weighted by Gasteiger charge is 2.36. The molecule has 1 aliphatic carbocycles. The lowest BCUT2D eigenvalue weighted by atomic mass is 10.2. The van der Waals surface area contributed by atoms with E-state index in [0.29, 0.717) is 24.7 Å². The zero-order valence-corrected chi connectivity index (χ0v) is 11.6. The van der Waals surface area contributed by atoms with Crippen LogP contribution in [0.2, 0.25) is 0 Å². The van der Waals surface area contributed by atoms with Crippen LogP contribution in [0.5, 0.6) is 0 Å². The van der Waals surface area contributed by atoms with Crippen molar-refractivity contribution in [2.24, 2.45) is 0 Å². The second kappa shape index (κ2) is 5.34. The van der Waals surface area contributed by atoms with E-state index >= 15 is 0 Å². The molecule has 1 amide bonds. The smallest absolute Gasteiger partial charge is 0.242 e. The van der Waals surface area contributed by atoms with Crippen molar-refractivity contribution in [3.05, 3.63) is 17.8 Å². The minimum atomic E-state index is -0.388. The van der Waals surface area contributed by atoms with Crippen LogP contribution in [0.1, 0.15) is 38.3 Å². The first-order valence-electron chi connectivity index (χ1n) is 7.27. The Hall–Kier alpha value is -1.72. The number of rotatable bonds is 4. The molecule has 3 rings (SSSR count). The zero-order chi connectivity index (χ0) is 14.1. The van der Waals surface area contributed by atoms with Crippen LogP contribution in [0.25, 0.3) is 0 Å². The molecule has 1 aromatic rings. The first-order chi connectivity index (χ1) is 9.70. The van der Waals surface area contributed by atoms with E-state index in [4.69, 9.17) is 0 Å². The van der Waals surface area contributed by atoms with Gasteiger partial charge < -0.3 is 10.2 Å². The molecule has 0 spiro atoms. The van der Waals surface area contributed by atoms with Crippen LogP contribution in [-0.2, 0) is 11.2 Å². The van der Waals surface area contributed by atoms with E-state index in [1.54, 1.807) is 4.90 Å². The Labute approximate surface area is 117 Å². The summed E-state index contributed by atoms with van der Waals surface area (Å²) in [6.07, 6.45) is 5.65. The van der Waals surface area contributed by atoms with Crippen molar-refractivity contribution >= 4 is 11.7 Å². The molecule has 2 heterocycles. The molecule has 1 aliphatic heterocycles. The standard InChI is InChI=1S/C14H19FN4O/c1-2-10-12(15)13(17-8-16-10)19-7-3-4-11(19)14(20)18-9-5-6-9/h8-9,11H,2-7H2,1H3,(H,18,20). The van der Waals surface area contributed by atoms with E-state index in [-0.39, 0.29) is 23.6 Å². The average molecular weight is 278 g/mol. The number of carbonyl (C=O) groups excluding carboxylic acids is 1. The van der Waals surface area contributed by atoms with Gasteiger partial charge in [0.05, 0.1) is 5.69 Å². The van der Waals surface area contributed by atoms with Crippen molar-refractivity contribution in [3.8, 4) is 0 Å². The number of amides is 1. The first-order valence-corrected chi connectivity index (χ1v) is 7.27. The third kappa shape index (κ3) is 2.46. The van der Waals surface area contributed by atoms with Crippen LogP contribution in [0.15, 0.2) is 6.33 Å². The number of nitrogens with zero attached hydrogens (tertiary/aromatic N) is 3. The molecule has 1 aromatic heterocycles. The van der Waals surface area contributed by atoms with Crippen LogP contribution in [-0.4, -0.2) is 34.5 Å². The Morgan fingerprint density at radius 3 is 2.95 bits per heavy atom. The Kier molecular flexibility index (Phi) is 3.54. The van der Waals surface area contributed by atoms with Crippen molar-refractivity contribution in [1.82, 2.24) is 15.3 Å². The summed E-state index contributed by atoms with van der Waals surface area (Å²) in [6.45, 7) is 2.52. The van der Waals surface area contributed by atoms with Crippen LogP contribution >= 0.6 is 0 Å². The largest absolute Gasteiger partial charge is 0.352 e. The third-order valence-electron chi connectivity index (χ3n) is 3.93. The third-order valence-corrected chi connectivity index (χ3v) is 3.93. The monoisotopic (exact) mass is 278 g/mol. The molecule has 5 nitrogen and oxygen atoms in total. The molecule has 6 heteroatoms. The fourth-order valence-electron chi connectivity index (χ4n) is 2.66. The number of hydrogen-bond acceptors (Lipinski definition) is 4. The van der Waals surface area contributed by atoms with Crippen molar-refractivity contribution in [2.75, 3.05) is 11.4 Å². The second-order valence-electron chi connectivity index (χ2n) is 5.45. The summed E-state index contributed by atoms with van der Waals surface area (Å²) in [5.74, 6) is -0.118. The predicted molar refractivity (Wildman–Crippen MR) is 72.9 cm³/mol. The summed E-state index contributed by atoms with van der Waals surface area (Å²) < 4.78 is 14.3. The van der Waals surface area contributed by atoms with Gasteiger partial charge in [-0.2, -0.15) is 0 Å². The van der Waals surface area contributed by atoms with Gasteiger partial charge in [-0.1, -0.05) is 6.92 Å². The molecule has 2 aliphatic rings. The van der Waals surface area contributed by atoms with Gasteiger partial charge in [0.2, 0.25) is 5.91 Å². The Balaban J connectivity index is 1.82. The lowest BCUT2D eigenvalue weighted by Gasteiger charge is -2.25. The quantitative estimate of drug-likeness (QED) is 0.905. The van der Waals surface area contributed by atoms with Crippen molar-refractivity contribution in [3.63, 3.8) is 0 Å². The fraction of sp³-hybridized carbons (Fsp3) is 0.643. The molecule has 0 radical (unpaired) electrons. The van der Waals surface area contributed by atoms with Crippen LogP contribution in [0.4, 0.5) is 10.2 Å². The van der Waals surface area contributed by atoms with Crippen LogP contribution in [0.3, 0.4) is 0 Å². The van der Waals surface area contributed by atoms with Crippen LogP contribution < -0.4 is 10.2 Å². The SMILES string of the molecule is CCc1ncnc(N2CCCC2C(=O)NC2CC2)c1F. The van der Waals surface area contributed by atoms with Crippen molar-refractivity contribution < 1.29 is 9.18 Å². The number of aryl methyl sites for hydroxylation is 1. The maximum Gasteiger partial charge on any atom is 0.242 e. The molecule has 1 unspecified atom stereocenters. The van der Waals surface area contributed by atoms with Gasteiger partial charge in [0, 0.05) is 12.6 Å². The summed E-state index contributed by atoms with van der Waals surface area (Å²) in [4.78, 5) is 22.0. The van der Waals surface area contributed by atoms with Gasteiger partial charge in [-0.3, -0.25) is 4.79 Å². The van der Waals surface area contributed by atoms with Gasteiger partial charge in [-0.05, 0) is 32.1 Å². The number of nitrogens with one attached hydrogen (secondary N) is 1. The summed E-state index contributed by atoms with van der Waals surface area (Å²) in [7, 11) is 0. The predicted octanol–water partition coefficient (Wildman–Crippen LogP) is 1.43. The van der Waals surface area contributed by atoms with Crippen molar-refractivity contribution in [2.45, 2.75) is 51.1 Å². The summed E-state index contributed by atoms with van der Waals surface area (Å²) in [5.41, 5.74) is 0.406. The lowest BCUT2D eigenvalue weighted by molar-refractivity contribution is -0.122. The Morgan fingerprint density at radius 2 is 2.25 bits per heavy atom. The minimum absolute atomic E-state index is 0.000982. The van der Waals surface area contributed by atoms with E-state index in [9.17, 15) is 9.18 Å². The van der Waals surface area contributed by atoms with Gasteiger partial charge in [0.25, 0.3) is 0 Å². The number of hydrogen-bond donors (Lipinski definition) is 1. The highest BCUT2D eigenvalue weighted by atomic mass is 19.1. The van der Waals surface area contributed by atoms with E-state index < -0.39 is 0 Å². The van der Waals surface area contributed by atoms with Crippen LogP contribution in [0, 0.1) is 5.82 Å². The highest BCUT2D eigenvalue weighted by Crippen LogP contribution is 2.28. The molecule has 20 heavy (non-hydrogen) atoms. The molecule has 2 fully saturated rings. The Bertz CT molecular complexity index is 518. The van der Waals surface area contributed by atoms with Gasteiger partial charge >= 0.3 is 0 Å². The topological polar surface area (TPSA) is 58.1 Å². The molecule has 0 aromatic carbocycles. The van der Waals surface area contributed by atoms with Gasteiger partial charge in [0.15, 0.2) is 11.6 Å². The molecule has 1 saturated carbocycles. The lowest BCUT2D eigenvalue weighted by Crippen LogP contribution is -2.44. The highest BCUT2D eigenvalue weighted by molar-refractivity contribution is 5.86. The van der Waals surface area contributed by atoms with E-state index in [1.807, 2.05) is 6.92 Å². The second-order valence-corrected chi connectivity index (χ2v) is 5.45. The number of aromatic nitrogens is 2. The molecule has 0 bridgehead atoms. The van der Waals surface area contributed by atoms with E-state index in [2.05, 4.69) is 15.3 Å². The first kappa shape index (κ1) is 13.3. The number of anilines is 1. The molecule has 108 valence electrons. The zero-order valence-electron chi connectivity index (χ0n) is 11.6. The number of carbonyl (C=O) groups is 1. The average Bonchev–Trinajstić information content (AvgIpc) is 3.12. The Morgan fingerprint density at radius 1 is 1.45 bits per heavy atom. The summed E-state index contributed by atoms with van der Waals surface area (Å²) >= 11 is 0. The van der Waals surface area contributed by atoms with E-state index in [1.165, 1.54) is 6.33 Å². The normalized spacial score (nSPS) is 22.1. The maximum atomic E-state index is 14.3. The van der Waals surface area contributed by atoms with Gasteiger partial charge in [-0.25, -0.2) is 14.4 Å². The summed E-state index contributed by atoms with van der Waals surface area (Å²) in [5, 5.41) is 3.00. The van der Waals surface area contributed by atoms with E-state index in [0.717, 1.165) is 25.7 Å². The molecular formula is C14H19FN4O.